The van der Waals surface area contributed by atoms with Crippen molar-refractivity contribution in [1.29, 1.82) is 0 Å². The molecule has 3 aliphatic rings. The van der Waals surface area contributed by atoms with E-state index in [-0.39, 0.29) is 11.9 Å². The predicted octanol–water partition coefficient (Wildman–Crippen LogP) is 3.14. The van der Waals surface area contributed by atoms with Crippen molar-refractivity contribution in [2.45, 2.75) is 76.7 Å². The van der Waals surface area contributed by atoms with E-state index in [0.29, 0.717) is 24.9 Å². The number of urea groups is 1. The number of hydrogen-bond acceptors (Lipinski definition) is 2. The molecule has 2 unspecified atom stereocenters. The largest absolute Gasteiger partial charge is 0.343 e. The van der Waals surface area contributed by atoms with Crippen LogP contribution in [0.5, 0.6) is 0 Å². The van der Waals surface area contributed by atoms with E-state index >= 15 is 0 Å². The second-order valence-electron chi connectivity index (χ2n) is 7.72. The third kappa shape index (κ3) is 4.42. The molecule has 3 amide bonds. The van der Waals surface area contributed by atoms with Crippen LogP contribution in [0.15, 0.2) is 0 Å². The molecule has 1 saturated carbocycles. The maximum absolute atomic E-state index is 12.6. The fraction of sp³-hybridized carbons (Fsp3) is 0.895. The number of rotatable bonds is 3. The summed E-state index contributed by atoms with van der Waals surface area (Å²) in [7, 11) is 0. The molecule has 0 aromatic rings. The van der Waals surface area contributed by atoms with Gasteiger partial charge < -0.3 is 15.1 Å². The lowest BCUT2D eigenvalue weighted by atomic mass is 9.78. The van der Waals surface area contributed by atoms with Crippen molar-refractivity contribution in [3.8, 4) is 0 Å². The third-order valence-electron chi connectivity index (χ3n) is 6.08. The van der Waals surface area contributed by atoms with Crippen molar-refractivity contribution in [3.05, 3.63) is 0 Å². The molecule has 1 aliphatic carbocycles. The summed E-state index contributed by atoms with van der Waals surface area (Å²) in [5, 5.41) is 3.01. The zero-order valence-corrected chi connectivity index (χ0v) is 15.0. The first kappa shape index (κ1) is 17.6. The summed E-state index contributed by atoms with van der Waals surface area (Å²) in [5.74, 6) is 0.906. The van der Waals surface area contributed by atoms with Gasteiger partial charge in [-0.1, -0.05) is 25.7 Å². The van der Waals surface area contributed by atoms with Crippen LogP contribution in [0.4, 0.5) is 4.79 Å². The van der Waals surface area contributed by atoms with Crippen molar-refractivity contribution in [1.82, 2.24) is 15.1 Å². The van der Waals surface area contributed by atoms with Gasteiger partial charge in [0.15, 0.2) is 0 Å². The summed E-state index contributed by atoms with van der Waals surface area (Å²) in [6, 6.07) is 0.490. The van der Waals surface area contributed by atoms with Crippen molar-refractivity contribution >= 4 is 11.9 Å². The van der Waals surface area contributed by atoms with E-state index in [1.165, 1.54) is 38.5 Å². The number of piperidine rings is 1. The number of hydrogen-bond donors (Lipinski definition) is 1. The van der Waals surface area contributed by atoms with Crippen LogP contribution in [-0.2, 0) is 4.79 Å². The second kappa shape index (κ2) is 8.72. The predicted molar refractivity (Wildman–Crippen MR) is 94.7 cm³/mol. The Kier molecular flexibility index (Phi) is 6.38. The smallest absolute Gasteiger partial charge is 0.317 e. The van der Waals surface area contributed by atoms with Crippen molar-refractivity contribution in [3.63, 3.8) is 0 Å². The minimum absolute atomic E-state index is 0.0512. The Bertz CT molecular complexity index is 430. The first-order valence-corrected chi connectivity index (χ1v) is 10.1. The van der Waals surface area contributed by atoms with Gasteiger partial charge in [-0.15, -0.1) is 0 Å². The Morgan fingerprint density at radius 1 is 0.833 bits per heavy atom. The van der Waals surface area contributed by atoms with Crippen molar-refractivity contribution < 1.29 is 9.59 Å². The minimum atomic E-state index is 0.0512. The maximum atomic E-state index is 12.6. The molecule has 0 radical (unpaired) electrons. The summed E-state index contributed by atoms with van der Waals surface area (Å²) in [6.07, 6.45) is 12.6. The number of carbonyl (C=O) groups is 2. The van der Waals surface area contributed by atoms with Gasteiger partial charge >= 0.3 is 6.03 Å². The van der Waals surface area contributed by atoms with Gasteiger partial charge in [0.2, 0.25) is 5.91 Å². The van der Waals surface area contributed by atoms with E-state index in [1.807, 2.05) is 4.90 Å². The summed E-state index contributed by atoms with van der Waals surface area (Å²) in [6.45, 7) is 3.14. The normalized spacial score (nSPS) is 28.0. The van der Waals surface area contributed by atoms with Crippen molar-refractivity contribution in [2.75, 3.05) is 26.2 Å². The fourth-order valence-corrected chi connectivity index (χ4v) is 4.73. The van der Waals surface area contributed by atoms with Gasteiger partial charge in [0.1, 0.15) is 0 Å². The van der Waals surface area contributed by atoms with E-state index in [4.69, 9.17) is 0 Å². The molecule has 0 aromatic heterocycles. The second-order valence-corrected chi connectivity index (χ2v) is 7.72. The molecule has 3 rings (SSSR count). The molecule has 0 spiro atoms. The molecule has 0 bridgehead atoms. The van der Waals surface area contributed by atoms with Crippen LogP contribution >= 0.6 is 0 Å². The van der Waals surface area contributed by atoms with Crippen LogP contribution in [0.25, 0.3) is 0 Å². The molecule has 2 aliphatic heterocycles. The average Bonchev–Trinajstić information content (AvgIpc) is 2.90. The zero-order chi connectivity index (χ0) is 16.8. The van der Waals surface area contributed by atoms with E-state index in [0.717, 1.165) is 45.3 Å². The molecular formula is C19H33N3O2. The Hall–Kier alpha value is -1.26. The van der Waals surface area contributed by atoms with Gasteiger partial charge in [0.25, 0.3) is 0 Å². The molecule has 1 N–H and O–H groups in total. The molecular weight excluding hydrogens is 302 g/mol. The van der Waals surface area contributed by atoms with Crippen LogP contribution in [0, 0.1) is 5.92 Å². The topological polar surface area (TPSA) is 52.7 Å². The average molecular weight is 335 g/mol. The highest BCUT2D eigenvalue weighted by Gasteiger charge is 2.35. The highest BCUT2D eigenvalue weighted by molar-refractivity contribution is 5.78. The van der Waals surface area contributed by atoms with Crippen molar-refractivity contribution in [2.24, 2.45) is 5.92 Å². The molecule has 0 aromatic carbocycles. The van der Waals surface area contributed by atoms with Gasteiger partial charge in [0.05, 0.1) is 0 Å². The minimum Gasteiger partial charge on any atom is -0.343 e. The van der Waals surface area contributed by atoms with Crippen LogP contribution in [0.1, 0.15) is 70.6 Å². The van der Waals surface area contributed by atoms with E-state index in [1.54, 1.807) is 0 Å². The summed E-state index contributed by atoms with van der Waals surface area (Å²) >= 11 is 0. The maximum Gasteiger partial charge on any atom is 0.317 e. The highest BCUT2D eigenvalue weighted by atomic mass is 16.2. The molecule has 2 atom stereocenters. The SMILES string of the molecule is O=C(CCNC(=O)N1CCCC2CCCCC21)N1CCCCCC1. The quantitative estimate of drug-likeness (QED) is 0.861. The molecule has 24 heavy (non-hydrogen) atoms. The number of amides is 3. The lowest BCUT2D eigenvalue weighted by molar-refractivity contribution is -0.131. The Morgan fingerprint density at radius 3 is 2.33 bits per heavy atom. The van der Waals surface area contributed by atoms with Gasteiger partial charge in [-0.05, 0) is 44.4 Å². The summed E-state index contributed by atoms with van der Waals surface area (Å²) in [4.78, 5) is 28.9. The first-order valence-electron chi connectivity index (χ1n) is 10.1. The molecule has 2 saturated heterocycles. The summed E-state index contributed by atoms with van der Waals surface area (Å²) < 4.78 is 0. The van der Waals surface area contributed by atoms with Gasteiger partial charge in [0, 0.05) is 38.6 Å². The highest BCUT2D eigenvalue weighted by Crippen LogP contribution is 2.35. The Balaban J connectivity index is 1.42. The molecule has 2 heterocycles. The van der Waals surface area contributed by atoms with E-state index in [2.05, 4.69) is 10.2 Å². The summed E-state index contributed by atoms with van der Waals surface area (Å²) in [5.41, 5.74) is 0. The first-order chi connectivity index (χ1) is 11.8. The number of likely N-dealkylation sites (tertiary alicyclic amines) is 2. The zero-order valence-electron chi connectivity index (χ0n) is 15.0. The number of carbonyl (C=O) groups excluding carboxylic acids is 2. The standard InChI is InChI=1S/C19H33N3O2/c23-18(21-13-5-1-2-6-14-21)11-12-20-19(24)22-15-7-9-16-8-3-4-10-17(16)22/h16-17H,1-15H2,(H,20,24). The fourth-order valence-electron chi connectivity index (χ4n) is 4.73. The molecule has 5 heteroatoms. The number of fused-ring (bicyclic) bond motifs is 1. The van der Waals surface area contributed by atoms with Crippen LogP contribution in [0.3, 0.4) is 0 Å². The molecule has 136 valence electrons. The van der Waals surface area contributed by atoms with Gasteiger partial charge in [-0.25, -0.2) is 4.79 Å². The third-order valence-corrected chi connectivity index (χ3v) is 6.08. The van der Waals surface area contributed by atoms with Gasteiger partial charge in [-0.3, -0.25) is 4.79 Å². The van der Waals surface area contributed by atoms with Crippen LogP contribution in [0.2, 0.25) is 0 Å². The number of nitrogens with zero attached hydrogens (tertiary/aromatic N) is 2. The van der Waals surface area contributed by atoms with E-state index in [9.17, 15) is 9.59 Å². The van der Waals surface area contributed by atoms with Crippen LogP contribution in [-0.4, -0.2) is 54.0 Å². The molecule has 5 nitrogen and oxygen atoms in total. The molecule has 3 fully saturated rings. The van der Waals surface area contributed by atoms with Crippen LogP contribution < -0.4 is 5.32 Å². The Labute approximate surface area is 146 Å². The number of nitrogens with one attached hydrogen (secondary N) is 1. The lowest BCUT2D eigenvalue weighted by Gasteiger charge is -2.44. The van der Waals surface area contributed by atoms with E-state index < -0.39 is 0 Å². The Morgan fingerprint density at radius 2 is 1.54 bits per heavy atom. The monoisotopic (exact) mass is 335 g/mol. The van der Waals surface area contributed by atoms with Gasteiger partial charge in [-0.2, -0.15) is 0 Å². The lowest BCUT2D eigenvalue weighted by Crippen LogP contribution is -2.53.